The first kappa shape index (κ1) is 11.7. The molecule has 3 nitrogen and oxygen atoms in total. The average Bonchev–Trinajstić information content (AvgIpc) is 2.16. The monoisotopic (exact) mass is 205 g/mol. The summed E-state index contributed by atoms with van der Waals surface area (Å²) in [5, 5.41) is 0. The minimum atomic E-state index is 0.717. The number of likely N-dealkylation sites (N-methyl/N-ethyl adjacent to an activating group) is 1. The third-order valence-corrected chi connectivity index (χ3v) is 2.14. The molecule has 3 heteroatoms. The number of nitrogen functional groups attached to an aromatic ring is 1. The van der Waals surface area contributed by atoms with Crippen molar-refractivity contribution in [2.75, 3.05) is 25.9 Å². The van der Waals surface area contributed by atoms with E-state index in [0.717, 1.165) is 25.2 Å². The van der Waals surface area contributed by atoms with Crippen molar-refractivity contribution in [1.29, 1.82) is 0 Å². The van der Waals surface area contributed by atoms with Crippen molar-refractivity contribution in [3.05, 3.63) is 36.2 Å². The summed E-state index contributed by atoms with van der Waals surface area (Å²) < 4.78 is 0. The number of hydrogen-bond acceptors (Lipinski definition) is 3. The number of nitrogens with zero attached hydrogens (tertiary/aromatic N) is 2. The van der Waals surface area contributed by atoms with Crippen LogP contribution in [0.25, 0.3) is 0 Å². The molecule has 0 aromatic carbocycles. The first-order valence-corrected chi connectivity index (χ1v) is 5.11. The fraction of sp³-hybridized carbons (Fsp3) is 0.417. The molecule has 0 amide bonds. The number of aromatic nitrogens is 1. The fourth-order valence-electron chi connectivity index (χ4n) is 1.43. The van der Waals surface area contributed by atoms with E-state index >= 15 is 0 Å². The van der Waals surface area contributed by atoms with Gasteiger partial charge in [-0.3, -0.25) is 4.98 Å². The molecule has 0 spiro atoms. The van der Waals surface area contributed by atoms with Crippen molar-refractivity contribution in [3.63, 3.8) is 0 Å². The first-order valence-electron chi connectivity index (χ1n) is 5.11. The fourth-order valence-corrected chi connectivity index (χ4v) is 1.43. The van der Waals surface area contributed by atoms with Crippen molar-refractivity contribution >= 4 is 5.69 Å². The zero-order chi connectivity index (χ0) is 11.3. The predicted octanol–water partition coefficient (Wildman–Crippen LogP) is 1.71. The Morgan fingerprint density at radius 3 is 2.80 bits per heavy atom. The summed E-state index contributed by atoms with van der Waals surface area (Å²) in [6.07, 6.45) is 2.65. The molecule has 82 valence electrons. The SMILES string of the molecule is C=C(C)CN(C)CCc1ccc(N)cn1. The number of rotatable bonds is 5. The van der Waals surface area contributed by atoms with Gasteiger partial charge in [0.25, 0.3) is 0 Å². The molecule has 0 fully saturated rings. The second kappa shape index (κ2) is 5.51. The third-order valence-electron chi connectivity index (χ3n) is 2.14. The van der Waals surface area contributed by atoms with Gasteiger partial charge in [-0.15, -0.1) is 0 Å². The van der Waals surface area contributed by atoms with Crippen molar-refractivity contribution in [3.8, 4) is 0 Å². The van der Waals surface area contributed by atoms with E-state index in [4.69, 9.17) is 5.73 Å². The molecule has 0 radical (unpaired) electrons. The lowest BCUT2D eigenvalue weighted by atomic mass is 10.2. The van der Waals surface area contributed by atoms with Gasteiger partial charge in [-0.25, -0.2) is 0 Å². The number of nitrogens with two attached hydrogens (primary N) is 1. The van der Waals surface area contributed by atoms with Crippen LogP contribution in [0.2, 0.25) is 0 Å². The second-order valence-corrected chi connectivity index (χ2v) is 4.03. The van der Waals surface area contributed by atoms with E-state index in [9.17, 15) is 0 Å². The Morgan fingerprint density at radius 1 is 1.53 bits per heavy atom. The van der Waals surface area contributed by atoms with Crippen molar-refractivity contribution in [1.82, 2.24) is 9.88 Å². The summed E-state index contributed by atoms with van der Waals surface area (Å²) in [6, 6.07) is 3.87. The molecule has 0 saturated heterocycles. The highest BCUT2D eigenvalue weighted by Crippen LogP contribution is 2.02. The van der Waals surface area contributed by atoms with E-state index in [1.807, 2.05) is 19.1 Å². The van der Waals surface area contributed by atoms with E-state index < -0.39 is 0 Å². The van der Waals surface area contributed by atoms with Gasteiger partial charge in [-0.1, -0.05) is 12.2 Å². The van der Waals surface area contributed by atoms with Crippen molar-refractivity contribution in [2.24, 2.45) is 0 Å². The van der Waals surface area contributed by atoms with E-state index in [-0.39, 0.29) is 0 Å². The number of anilines is 1. The van der Waals surface area contributed by atoms with Gasteiger partial charge in [-0.2, -0.15) is 0 Å². The Morgan fingerprint density at radius 2 is 2.27 bits per heavy atom. The highest BCUT2D eigenvalue weighted by molar-refractivity contribution is 5.34. The summed E-state index contributed by atoms with van der Waals surface area (Å²) in [4.78, 5) is 6.49. The predicted molar refractivity (Wildman–Crippen MR) is 64.7 cm³/mol. The molecule has 1 rings (SSSR count). The zero-order valence-electron chi connectivity index (χ0n) is 9.53. The Bertz CT molecular complexity index is 316. The zero-order valence-corrected chi connectivity index (χ0v) is 9.53. The van der Waals surface area contributed by atoms with E-state index in [0.29, 0.717) is 5.69 Å². The van der Waals surface area contributed by atoms with E-state index in [1.165, 1.54) is 5.57 Å². The topological polar surface area (TPSA) is 42.1 Å². The van der Waals surface area contributed by atoms with Crippen LogP contribution in [0.3, 0.4) is 0 Å². The molecule has 0 aliphatic heterocycles. The second-order valence-electron chi connectivity index (χ2n) is 4.03. The van der Waals surface area contributed by atoms with Crippen LogP contribution in [0, 0.1) is 0 Å². The van der Waals surface area contributed by atoms with Crippen molar-refractivity contribution in [2.45, 2.75) is 13.3 Å². The summed E-state index contributed by atoms with van der Waals surface area (Å²) >= 11 is 0. The van der Waals surface area contributed by atoms with Gasteiger partial charge in [0.1, 0.15) is 0 Å². The molecule has 15 heavy (non-hydrogen) atoms. The highest BCUT2D eigenvalue weighted by atomic mass is 15.1. The maximum atomic E-state index is 5.56. The molecular weight excluding hydrogens is 186 g/mol. The van der Waals surface area contributed by atoms with Gasteiger partial charge in [0.05, 0.1) is 11.9 Å². The lowest BCUT2D eigenvalue weighted by Gasteiger charge is -2.15. The van der Waals surface area contributed by atoms with E-state index in [1.54, 1.807) is 6.20 Å². The summed E-state index contributed by atoms with van der Waals surface area (Å²) in [5.41, 5.74) is 8.55. The molecule has 1 heterocycles. The summed E-state index contributed by atoms with van der Waals surface area (Å²) in [6.45, 7) is 7.86. The van der Waals surface area contributed by atoms with Gasteiger partial charge in [-0.05, 0) is 26.1 Å². The average molecular weight is 205 g/mol. The van der Waals surface area contributed by atoms with Crippen LogP contribution in [0.4, 0.5) is 5.69 Å². The van der Waals surface area contributed by atoms with Gasteiger partial charge < -0.3 is 10.6 Å². The quantitative estimate of drug-likeness (QED) is 0.744. The largest absolute Gasteiger partial charge is 0.397 e. The lowest BCUT2D eigenvalue weighted by Crippen LogP contribution is -2.23. The highest BCUT2D eigenvalue weighted by Gasteiger charge is 2.00. The molecule has 1 aromatic heterocycles. The summed E-state index contributed by atoms with van der Waals surface area (Å²) in [7, 11) is 2.09. The van der Waals surface area contributed by atoms with Crippen LogP contribution in [-0.2, 0) is 6.42 Å². The molecule has 0 aliphatic rings. The first-order chi connectivity index (χ1) is 7.08. The minimum absolute atomic E-state index is 0.717. The molecule has 1 aromatic rings. The number of pyridine rings is 1. The Balaban J connectivity index is 2.36. The molecular formula is C12H19N3. The molecule has 0 atom stereocenters. The lowest BCUT2D eigenvalue weighted by molar-refractivity contribution is 0.366. The minimum Gasteiger partial charge on any atom is -0.397 e. The van der Waals surface area contributed by atoms with Gasteiger partial charge in [0.15, 0.2) is 0 Å². The number of hydrogen-bond donors (Lipinski definition) is 1. The molecule has 0 bridgehead atoms. The molecule has 2 N–H and O–H groups in total. The van der Waals surface area contributed by atoms with Gasteiger partial charge in [0.2, 0.25) is 0 Å². The van der Waals surface area contributed by atoms with Gasteiger partial charge in [0, 0.05) is 25.2 Å². The Hall–Kier alpha value is -1.35. The van der Waals surface area contributed by atoms with Crippen LogP contribution in [0.1, 0.15) is 12.6 Å². The van der Waals surface area contributed by atoms with Crippen LogP contribution in [0.15, 0.2) is 30.5 Å². The Kier molecular flexibility index (Phi) is 4.31. The van der Waals surface area contributed by atoms with Crippen LogP contribution < -0.4 is 5.73 Å². The van der Waals surface area contributed by atoms with Crippen LogP contribution in [0.5, 0.6) is 0 Å². The smallest absolute Gasteiger partial charge is 0.0501 e. The van der Waals surface area contributed by atoms with Crippen LogP contribution in [-0.4, -0.2) is 30.0 Å². The third kappa shape index (κ3) is 4.61. The van der Waals surface area contributed by atoms with Crippen molar-refractivity contribution < 1.29 is 0 Å². The normalized spacial score (nSPS) is 10.6. The van der Waals surface area contributed by atoms with E-state index in [2.05, 4.69) is 23.5 Å². The standard InChI is InChI=1S/C12H19N3/c1-10(2)9-15(3)7-6-12-5-4-11(13)8-14-12/h4-5,8H,1,6-7,9,13H2,2-3H3. The Labute approximate surface area is 91.6 Å². The molecule has 0 aliphatic carbocycles. The maximum absolute atomic E-state index is 5.56. The molecule has 0 saturated carbocycles. The van der Waals surface area contributed by atoms with Gasteiger partial charge >= 0.3 is 0 Å². The van der Waals surface area contributed by atoms with Crippen LogP contribution >= 0.6 is 0 Å². The maximum Gasteiger partial charge on any atom is 0.0501 e. The molecule has 0 unspecified atom stereocenters. The summed E-state index contributed by atoms with van der Waals surface area (Å²) in [5.74, 6) is 0.